The number of oxime groups is 1. The van der Waals surface area contributed by atoms with Crippen molar-refractivity contribution in [3.63, 3.8) is 0 Å². The summed E-state index contributed by atoms with van der Waals surface area (Å²) in [5.74, 6) is -1.97. The summed E-state index contributed by atoms with van der Waals surface area (Å²) in [5.41, 5.74) is 1.26. The second-order valence-corrected chi connectivity index (χ2v) is 6.40. The molecule has 2 rings (SSSR count). The van der Waals surface area contributed by atoms with Crippen molar-refractivity contribution in [1.82, 2.24) is 15.5 Å². The van der Waals surface area contributed by atoms with Gasteiger partial charge >= 0.3 is 12.1 Å². The molecule has 1 aromatic heterocycles. The summed E-state index contributed by atoms with van der Waals surface area (Å²) >= 11 is 0. The van der Waals surface area contributed by atoms with Crippen LogP contribution in [-0.4, -0.2) is 34.9 Å². The molecule has 10 heteroatoms. The van der Waals surface area contributed by atoms with E-state index in [0.29, 0.717) is 23.4 Å². The maximum Gasteiger partial charge on any atom is 0.471 e. The molecule has 0 aliphatic carbocycles. The van der Waals surface area contributed by atoms with Crippen LogP contribution in [0.4, 0.5) is 13.2 Å². The first-order valence-electron chi connectivity index (χ1n) is 9.26. The molecular weight excluding hydrogens is 389 g/mol. The third-order valence-electron chi connectivity index (χ3n) is 3.89. The Bertz CT molecular complexity index is 817. The Labute approximate surface area is 166 Å². The van der Waals surface area contributed by atoms with Crippen molar-refractivity contribution in [2.75, 3.05) is 13.2 Å². The third kappa shape index (κ3) is 7.20. The minimum atomic E-state index is -4.70. The minimum Gasteiger partial charge on any atom is -0.396 e. The first-order valence-corrected chi connectivity index (χ1v) is 9.26. The molecule has 1 aromatic carbocycles. The van der Waals surface area contributed by atoms with Crippen molar-refractivity contribution in [1.29, 1.82) is 0 Å². The Morgan fingerprint density at radius 2 is 1.93 bits per heavy atom. The summed E-state index contributed by atoms with van der Waals surface area (Å²) in [7, 11) is 0. The number of hydrogen-bond acceptors (Lipinski definition) is 6. The number of nitrogens with zero attached hydrogens (tertiary/aromatic N) is 3. The van der Waals surface area contributed by atoms with Gasteiger partial charge in [-0.15, -0.1) is 0 Å². The van der Waals surface area contributed by atoms with Gasteiger partial charge in [0.15, 0.2) is 0 Å². The highest BCUT2D eigenvalue weighted by atomic mass is 19.4. The van der Waals surface area contributed by atoms with Crippen LogP contribution in [0.5, 0.6) is 0 Å². The van der Waals surface area contributed by atoms with Crippen LogP contribution in [0.1, 0.15) is 55.8 Å². The van der Waals surface area contributed by atoms with E-state index in [1.807, 2.05) is 0 Å². The summed E-state index contributed by atoms with van der Waals surface area (Å²) < 4.78 is 41.7. The third-order valence-corrected chi connectivity index (χ3v) is 3.89. The lowest BCUT2D eigenvalue weighted by Gasteiger charge is -2.06. The van der Waals surface area contributed by atoms with Crippen molar-refractivity contribution < 1.29 is 27.3 Å². The number of unbranched alkanes of at least 4 members (excludes halogenated alkanes) is 3. The van der Waals surface area contributed by atoms with Crippen LogP contribution in [0.3, 0.4) is 0 Å². The van der Waals surface area contributed by atoms with Gasteiger partial charge in [-0.2, -0.15) is 18.2 Å². The number of halogens is 3. The molecule has 0 aliphatic rings. The molecule has 0 fully saturated rings. The predicted molar refractivity (Wildman–Crippen MR) is 100 cm³/mol. The number of amides is 1. The van der Waals surface area contributed by atoms with Gasteiger partial charge in [0.05, 0.1) is 12.3 Å². The van der Waals surface area contributed by atoms with E-state index in [1.54, 1.807) is 6.92 Å². The normalized spacial score (nSPS) is 12.1. The van der Waals surface area contributed by atoms with Crippen LogP contribution in [-0.2, 0) is 11.0 Å². The standard InChI is InChI=1S/C19H23F3N4O3/c1-3-4-5-6-11-28-25-13(2)12-23-17(27)15-9-7-14(8-10-15)16-24-18(29-26-16)19(20,21)22/h7-10H,3-6,11-12H2,1-2H3,(H,23,27). The quantitative estimate of drug-likeness (QED) is 0.354. The van der Waals surface area contributed by atoms with Crippen LogP contribution in [0.15, 0.2) is 33.9 Å². The molecule has 0 aliphatic heterocycles. The van der Waals surface area contributed by atoms with Crippen LogP contribution < -0.4 is 5.32 Å². The zero-order chi connectivity index (χ0) is 21.3. The summed E-state index contributed by atoms with van der Waals surface area (Å²) in [6.07, 6.45) is -0.354. The van der Waals surface area contributed by atoms with E-state index in [9.17, 15) is 18.0 Å². The van der Waals surface area contributed by atoms with Gasteiger partial charge in [0.25, 0.3) is 5.91 Å². The number of alkyl halides is 3. The maximum absolute atomic E-state index is 12.5. The Balaban J connectivity index is 1.83. The summed E-state index contributed by atoms with van der Waals surface area (Å²) in [6.45, 7) is 4.63. The highest BCUT2D eigenvalue weighted by Gasteiger charge is 2.38. The molecule has 0 atom stereocenters. The molecule has 1 heterocycles. The number of nitrogens with one attached hydrogen (secondary N) is 1. The molecule has 1 N–H and O–H groups in total. The molecule has 0 radical (unpaired) electrons. The van der Waals surface area contributed by atoms with Crippen molar-refractivity contribution >= 4 is 11.6 Å². The summed E-state index contributed by atoms with van der Waals surface area (Å²) in [5, 5.41) is 9.94. The molecular formula is C19H23F3N4O3. The van der Waals surface area contributed by atoms with E-state index in [0.717, 1.165) is 25.7 Å². The average molecular weight is 412 g/mol. The second-order valence-electron chi connectivity index (χ2n) is 6.40. The first-order chi connectivity index (χ1) is 13.8. The van der Waals surface area contributed by atoms with Crippen molar-refractivity contribution in [2.45, 2.75) is 45.7 Å². The lowest BCUT2D eigenvalue weighted by atomic mass is 10.1. The van der Waals surface area contributed by atoms with E-state index in [4.69, 9.17) is 4.84 Å². The Morgan fingerprint density at radius 1 is 1.21 bits per heavy atom. The number of carbonyl (C=O) groups is 1. The molecule has 0 unspecified atom stereocenters. The smallest absolute Gasteiger partial charge is 0.396 e. The summed E-state index contributed by atoms with van der Waals surface area (Å²) in [4.78, 5) is 20.7. The highest BCUT2D eigenvalue weighted by Crippen LogP contribution is 2.29. The fourth-order valence-corrected chi connectivity index (χ4v) is 2.32. The number of aromatic nitrogens is 2. The molecule has 2 aromatic rings. The second kappa shape index (κ2) is 10.6. The van der Waals surface area contributed by atoms with E-state index >= 15 is 0 Å². The minimum absolute atomic E-state index is 0.205. The number of rotatable bonds is 10. The van der Waals surface area contributed by atoms with Gasteiger partial charge < -0.3 is 14.7 Å². The molecule has 0 spiro atoms. The van der Waals surface area contributed by atoms with Gasteiger partial charge in [-0.25, -0.2) is 0 Å². The fourth-order valence-electron chi connectivity index (χ4n) is 2.32. The van der Waals surface area contributed by atoms with Gasteiger partial charge in [-0.1, -0.05) is 42.2 Å². The SMILES string of the molecule is CCCCCCON=C(C)CNC(=O)c1ccc(-c2noc(C(F)(F)F)n2)cc1. The van der Waals surface area contributed by atoms with Crippen LogP contribution in [0.2, 0.25) is 0 Å². The number of hydrogen-bond donors (Lipinski definition) is 1. The lowest BCUT2D eigenvalue weighted by molar-refractivity contribution is -0.159. The largest absolute Gasteiger partial charge is 0.471 e. The molecule has 7 nitrogen and oxygen atoms in total. The number of carbonyl (C=O) groups excluding carboxylic acids is 1. The van der Waals surface area contributed by atoms with Gasteiger partial charge in [0, 0.05) is 11.1 Å². The van der Waals surface area contributed by atoms with E-state index < -0.39 is 12.1 Å². The molecule has 0 saturated heterocycles. The van der Waals surface area contributed by atoms with E-state index in [1.165, 1.54) is 24.3 Å². The van der Waals surface area contributed by atoms with Crippen LogP contribution in [0, 0.1) is 0 Å². The Kier molecular flexibility index (Phi) is 8.17. The molecule has 158 valence electrons. The topological polar surface area (TPSA) is 89.6 Å². The van der Waals surface area contributed by atoms with E-state index in [2.05, 4.69) is 32.1 Å². The zero-order valence-electron chi connectivity index (χ0n) is 16.3. The molecule has 0 saturated carbocycles. The number of benzene rings is 1. The van der Waals surface area contributed by atoms with Crippen molar-refractivity contribution in [2.24, 2.45) is 5.16 Å². The lowest BCUT2D eigenvalue weighted by Crippen LogP contribution is -2.28. The molecule has 29 heavy (non-hydrogen) atoms. The predicted octanol–water partition coefficient (Wildman–Crippen LogP) is 4.46. The van der Waals surface area contributed by atoms with Gasteiger partial charge in [0.2, 0.25) is 5.82 Å². The van der Waals surface area contributed by atoms with Crippen LogP contribution >= 0.6 is 0 Å². The van der Waals surface area contributed by atoms with Gasteiger partial charge in [-0.05, 0) is 31.9 Å². The van der Waals surface area contributed by atoms with Gasteiger partial charge in [-0.3, -0.25) is 4.79 Å². The van der Waals surface area contributed by atoms with Gasteiger partial charge in [0.1, 0.15) is 6.61 Å². The monoisotopic (exact) mass is 412 g/mol. The first kappa shape index (κ1) is 22.4. The highest BCUT2D eigenvalue weighted by molar-refractivity contribution is 5.97. The Morgan fingerprint density at radius 3 is 2.55 bits per heavy atom. The van der Waals surface area contributed by atoms with Crippen molar-refractivity contribution in [3.05, 3.63) is 35.7 Å². The average Bonchev–Trinajstić information content (AvgIpc) is 3.20. The van der Waals surface area contributed by atoms with Crippen LogP contribution in [0.25, 0.3) is 11.4 Å². The summed E-state index contributed by atoms with van der Waals surface area (Å²) in [6, 6.07) is 5.82. The van der Waals surface area contributed by atoms with Crippen molar-refractivity contribution in [3.8, 4) is 11.4 Å². The Hall–Kier alpha value is -2.91. The zero-order valence-corrected chi connectivity index (χ0v) is 16.3. The molecule has 1 amide bonds. The fraction of sp³-hybridized carbons (Fsp3) is 0.474. The molecule has 0 bridgehead atoms. The van der Waals surface area contributed by atoms with E-state index in [-0.39, 0.29) is 18.3 Å². The maximum atomic E-state index is 12.5.